The van der Waals surface area contributed by atoms with E-state index in [0.29, 0.717) is 11.7 Å². The Balaban J connectivity index is 1.60. The van der Waals surface area contributed by atoms with E-state index in [1.807, 2.05) is 36.4 Å². The number of anilines is 1. The predicted octanol–water partition coefficient (Wildman–Crippen LogP) is 4.44. The minimum absolute atomic E-state index is 0.0430. The number of para-hydroxylation sites is 2. The molecule has 1 amide bonds. The molecular weight excluding hydrogens is 377 g/mol. The van der Waals surface area contributed by atoms with Gasteiger partial charge in [0.2, 0.25) is 0 Å². The summed E-state index contributed by atoms with van der Waals surface area (Å²) in [5, 5.41) is 0.562. The molecule has 0 fully saturated rings. The highest BCUT2D eigenvalue weighted by atomic mass is 32.1. The lowest BCUT2D eigenvalue weighted by molar-refractivity contribution is -0.120. The van der Waals surface area contributed by atoms with E-state index < -0.39 is 5.82 Å². The molecule has 0 bridgehead atoms. The van der Waals surface area contributed by atoms with Crippen LogP contribution in [0.15, 0.2) is 73.1 Å². The quantitative estimate of drug-likeness (QED) is 0.486. The molecule has 0 aliphatic heterocycles. The molecule has 0 saturated heterocycles. The fourth-order valence-electron chi connectivity index (χ4n) is 2.69. The molecule has 4 aromatic rings. The second-order valence-electron chi connectivity index (χ2n) is 6.02. The fourth-order valence-corrected chi connectivity index (χ4v) is 3.67. The standard InChI is InChI=1S/C21H16FN3O2S/c22-16-7-1-3-9-18(16)27-14-20(26)25(13-15-6-5-11-23-12-15)21-24-17-8-2-4-10-19(17)28-21/h1-12H,13-14H2. The van der Waals surface area contributed by atoms with Crippen LogP contribution >= 0.6 is 11.3 Å². The van der Waals surface area contributed by atoms with Crippen LogP contribution < -0.4 is 9.64 Å². The summed E-state index contributed by atoms with van der Waals surface area (Å²) in [7, 11) is 0. The molecule has 0 spiro atoms. The first kappa shape index (κ1) is 18.1. The van der Waals surface area contributed by atoms with Crippen LogP contribution in [0.25, 0.3) is 10.2 Å². The van der Waals surface area contributed by atoms with Crippen LogP contribution in [-0.2, 0) is 11.3 Å². The Hall–Kier alpha value is -3.32. The molecule has 0 radical (unpaired) electrons. The van der Waals surface area contributed by atoms with Gasteiger partial charge in [-0.05, 0) is 35.9 Å². The number of nitrogens with zero attached hydrogens (tertiary/aromatic N) is 3. The molecule has 0 atom stereocenters. The number of aromatic nitrogens is 2. The Kier molecular flexibility index (Phi) is 5.25. The molecule has 0 N–H and O–H groups in total. The lowest BCUT2D eigenvalue weighted by Crippen LogP contribution is -2.34. The fraction of sp³-hybridized carbons (Fsp3) is 0.0952. The van der Waals surface area contributed by atoms with Crippen molar-refractivity contribution in [2.24, 2.45) is 0 Å². The highest BCUT2D eigenvalue weighted by Gasteiger charge is 2.21. The number of hydrogen-bond acceptors (Lipinski definition) is 5. The van der Waals surface area contributed by atoms with E-state index in [9.17, 15) is 9.18 Å². The van der Waals surface area contributed by atoms with E-state index in [-0.39, 0.29) is 18.3 Å². The van der Waals surface area contributed by atoms with Gasteiger partial charge in [0.25, 0.3) is 5.91 Å². The molecule has 2 aromatic carbocycles. The predicted molar refractivity (Wildman–Crippen MR) is 107 cm³/mol. The molecule has 2 aromatic heterocycles. The summed E-state index contributed by atoms with van der Waals surface area (Å²) < 4.78 is 20.2. The Morgan fingerprint density at radius 3 is 2.68 bits per heavy atom. The van der Waals surface area contributed by atoms with Gasteiger partial charge in [0.05, 0.1) is 16.8 Å². The van der Waals surface area contributed by atoms with E-state index in [0.717, 1.165) is 15.8 Å². The van der Waals surface area contributed by atoms with E-state index in [4.69, 9.17) is 4.74 Å². The first-order valence-corrected chi connectivity index (χ1v) is 9.44. The molecule has 7 heteroatoms. The van der Waals surface area contributed by atoms with Crippen molar-refractivity contribution in [2.45, 2.75) is 6.54 Å². The molecule has 0 unspecified atom stereocenters. The average Bonchev–Trinajstić information content (AvgIpc) is 3.16. The zero-order chi connectivity index (χ0) is 19.3. The van der Waals surface area contributed by atoms with Gasteiger partial charge in [-0.15, -0.1) is 0 Å². The summed E-state index contributed by atoms with van der Waals surface area (Å²) in [4.78, 5) is 23.2. The van der Waals surface area contributed by atoms with E-state index >= 15 is 0 Å². The van der Waals surface area contributed by atoms with Crippen LogP contribution in [0.4, 0.5) is 9.52 Å². The van der Waals surface area contributed by atoms with Gasteiger partial charge in [-0.1, -0.05) is 41.7 Å². The van der Waals surface area contributed by atoms with E-state index in [1.54, 1.807) is 29.4 Å². The highest BCUT2D eigenvalue weighted by Crippen LogP contribution is 2.29. The maximum atomic E-state index is 13.8. The van der Waals surface area contributed by atoms with Crippen molar-refractivity contribution in [3.05, 3.63) is 84.4 Å². The van der Waals surface area contributed by atoms with Crippen LogP contribution in [0.5, 0.6) is 5.75 Å². The summed E-state index contributed by atoms with van der Waals surface area (Å²) >= 11 is 1.42. The van der Waals surface area contributed by atoms with Crippen molar-refractivity contribution in [3.8, 4) is 5.75 Å². The molecule has 2 heterocycles. The van der Waals surface area contributed by atoms with Gasteiger partial charge >= 0.3 is 0 Å². The molecule has 0 aliphatic carbocycles. The largest absolute Gasteiger partial charge is 0.481 e. The number of rotatable bonds is 6. The van der Waals surface area contributed by atoms with Crippen molar-refractivity contribution in [1.29, 1.82) is 0 Å². The second kappa shape index (κ2) is 8.14. The van der Waals surface area contributed by atoms with Gasteiger partial charge in [0.1, 0.15) is 0 Å². The highest BCUT2D eigenvalue weighted by molar-refractivity contribution is 7.22. The maximum absolute atomic E-state index is 13.8. The maximum Gasteiger partial charge on any atom is 0.267 e. The van der Waals surface area contributed by atoms with Gasteiger partial charge in [0.15, 0.2) is 23.3 Å². The number of fused-ring (bicyclic) bond motifs is 1. The monoisotopic (exact) mass is 393 g/mol. The molecular formula is C21H16FN3O2S. The van der Waals surface area contributed by atoms with Gasteiger partial charge in [-0.25, -0.2) is 9.37 Å². The molecule has 5 nitrogen and oxygen atoms in total. The Morgan fingerprint density at radius 1 is 1.07 bits per heavy atom. The van der Waals surface area contributed by atoms with Crippen LogP contribution in [0.1, 0.15) is 5.56 Å². The Bertz CT molecular complexity index is 1070. The first-order chi connectivity index (χ1) is 13.7. The van der Waals surface area contributed by atoms with Crippen molar-refractivity contribution in [3.63, 3.8) is 0 Å². The molecule has 28 heavy (non-hydrogen) atoms. The van der Waals surface area contributed by atoms with Crippen molar-refractivity contribution in [2.75, 3.05) is 11.5 Å². The summed E-state index contributed by atoms with van der Waals surface area (Å²) in [6, 6.07) is 17.4. The zero-order valence-corrected chi connectivity index (χ0v) is 15.6. The van der Waals surface area contributed by atoms with Crippen molar-refractivity contribution < 1.29 is 13.9 Å². The third-order valence-electron chi connectivity index (χ3n) is 4.07. The number of pyridine rings is 1. The second-order valence-corrected chi connectivity index (χ2v) is 7.03. The molecule has 4 rings (SSSR count). The minimum Gasteiger partial charge on any atom is -0.481 e. The van der Waals surface area contributed by atoms with Crippen LogP contribution in [-0.4, -0.2) is 22.5 Å². The number of hydrogen-bond donors (Lipinski definition) is 0. The summed E-state index contributed by atoms with van der Waals surface area (Å²) in [6.07, 6.45) is 3.37. The normalized spacial score (nSPS) is 10.8. The molecule has 0 saturated carbocycles. The lowest BCUT2D eigenvalue weighted by Gasteiger charge is -2.20. The SMILES string of the molecule is O=C(COc1ccccc1F)N(Cc1cccnc1)c1nc2ccccc2s1. The molecule has 0 aliphatic rings. The van der Waals surface area contributed by atoms with E-state index in [2.05, 4.69) is 9.97 Å². The van der Waals surface area contributed by atoms with E-state index in [1.165, 1.54) is 23.5 Å². The van der Waals surface area contributed by atoms with Gasteiger partial charge in [0, 0.05) is 12.4 Å². The van der Waals surface area contributed by atoms with Crippen LogP contribution in [0, 0.1) is 5.82 Å². The van der Waals surface area contributed by atoms with Gasteiger partial charge < -0.3 is 4.74 Å². The van der Waals surface area contributed by atoms with Crippen molar-refractivity contribution >= 4 is 32.6 Å². The first-order valence-electron chi connectivity index (χ1n) is 8.63. The number of benzene rings is 2. The number of amides is 1. The van der Waals surface area contributed by atoms with Crippen LogP contribution in [0.3, 0.4) is 0 Å². The van der Waals surface area contributed by atoms with Crippen molar-refractivity contribution in [1.82, 2.24) is 9.97 Å². The van der Waals surface area contributed by atoms with Gasteiger partial charge in [-0.2, -0.15) is 0 Å². The van der Waals surface area contributed by atoms with Crippen LogP contribution in [0.2, 0.25) is 0 Å². The number of carbonyl (C=O) groups excluding carboxylic acids is 1. The number of carbonyl (C=O) groups is 1. The lowest BCUT2D eigenvalue weighted by atomic mass is 10.2. The van der Waals surface area contributed by atoms with Gasteiger partial charge in [-0.3, -0.25) is 14.7 Å². The summed E-state index contributed by atoms with van der Waals surface area (Å²) in [6.45, 7) is 0.00421. The Morgan fingerprint density at radius 2 is 1.89 bits per heavy atom. The summed E-state index contributed by atoms with van der Waals surface area (Å²) in [5.41, 5.74) is 1.68. The zero-order valence-electron chi connectivity index (χ0n) is 14.8. The number of thiazole rings is 1. The molecule has 140 valence electrons. The number of ether oxygens (including phenoxy) is 1. The topological polar surface area (TPSA) is 55.3 Å². The average molecular weight is 393 g/mol. The third kappa shape index (κ3) is 3.99. The third-order valence-corrected chi connectivity index (χ3v) is 5.13. The smallest absolute Gasteiger partial charge is 0.267 e. The Labute approximate surface area is 165 Å². The number of halogens is 1. The summed E-state index contributed by atoms with van der Waals surface area (Å²) in [5.74, 6) is -0.776. The minimum atomic E-state index is -0.505.